The molecule has 0 saturated carbocycles. The number of sulfonamides is 1. The first-order valence-corrected chi connectivity index (χ1v) is 11.7. The van der Waals surface area contributed by atoms with Crippen LogP contribution in [0.25, 0.3) is 0 Å². The van der Waals surface area contributed by atoms with E-state index in [9.17, 15) is 13.2 Å². The maximum absolute atomic E-state index is 12.9. The van der Waals surface area contributed by atoms with Crippen molar-refractivity contribution < 1.29 is 17.9 Å². The lowest BCUT2D eigenvalue weighted by Crippen LogP contribution is -2.54. The van der Waals surface area contributed by atoms with Crippen LogP contribution in [0.2, 0.25) is 0 Å². The van der Waals surface area contributed by atoms with Gasteiger partial charge in [-0.15, -0.1) is 0 Å². The Bertz CT molecular complexity index is 817. The topological polar surface area (TPSA) is 75.7 Å². The van der Waals surface area contributed by atoms with Crippen LogP contribution in [0, 0.1) is 11.8 Å². The molecule has 1 aromatic carbocycles. The first kappa shape index (κ1) is 22.5. The third-order valence-electron chi connectivity index (χ3n) is 5.13. The summed E-state index contributed by atoms with van der Waals surface area (Å²) in [5.74, 6) is 0.655. The second kappa shape index (κ2) is 7.93. The number of ether oxygens (including phenoxy) is 1. The maximum Gasteiger partial charge on any atom is 0.263 e. The molecule has 0 saturated heterocycles. The largest absolute Gasteiger partial charge is 0.476 e. The number of hydrogen-bond donors (Lipinski definition) is 1. The molecule has 1 atom stereocenters. The maximum atomic E-state index is 12.9. The lowest BCUT2D eigenvalue weighted by atomic mass is 9.86. The van der Waals surface area contributed by atoms with E-state index in [-0.39, 0.29) is 35.7 Å². The molecule has 0 bridgehead atoms. The second-order valence-corrected chi connectivity index (χ2v) is 11.3. The smallest absolute Gasteiger partial charge is 0.263 e. The van der Waals surface area contributed by atoms with Crippen LogP contribution in [0.1, 0.15) is 54.0 Å². The minimum Gasteiger partial charge on any atom is -0.476 e. The normalized spacial score (nSPS) is 17.7. The predicted octanol–water partition coefficient (Wildman–Crippen LogP) is 3.31. The number of rotatable bonds is 5. The minimum absolute atomic E-state index is 0.00699. The van der Waals surface area contributed by atoms with Gasteiger partial charge in [0.25, 0.3) is 5.91 Å². The quantitative estimate of drug-likeness (QED) is 0.808. The van der Waals surface area contributed by atoms with E-state index < -0.39 is 16.1 Å². The number of hydrogen-bond acceptors (Lipinski definition) is 4. The molecule has 1 aromatic rings. The average molecular weight is 411 g/mol. The highest BCUT2D eigenvalue weighted by Gasteiger charge is 2.37. The summed E-state index contributed by atoms with van der Waals surface area (Å²) in [5.41, 5.74) is 1.36. The van der Waals surface area contributed by atoms with Gasteiger partial charge in [-0.3, -0.25) is 9.10 Å². The molecule has 28 heavy (non-hydrogen) atoms. The highest BCUT2D eigenvalue weighted by molar-refractivity contribution is 7.92. The van der Waals surface area contributed by atoms with E-state index in [1.165, 1.54) is 4.31 Å². The average Bonchev–Trinajstić information content (AvgIpc) is 2.55. The van der Waals surface area contributed by atoms with Gasteiger partial charge in [0.15, 0.2) is 6.10 Å². The lowest BCUT2D eigenvalue weighted by Gasteiger charge is -2.36. The van der Waals surface area contributed by atoms with Crippen molar-refractivity contribution in [2.24, 2.45) is 11.8 Å². The van der Waals surface area contributed by atoms with Gasteiger partial charge in [-0.2, -0.15) is 0 Å². The lowest BCUT2D eigenvalue weighted by molar-refractivity contribution is -0.129. The molecule has 158 valence electrons. The minimum atomic E-state index is -3.56. The molecule has 1 amide bonds. The Kier molecular flexibility index (Phi) is 6.38. The third-order valence-corrected chi connectivity index (χ3v) is 6.28. The first-order valence-electron chi connectivity index (χ1n) is 9.81. The third kappa shape index (κ3) is 4.99. The fraction of sp³-hybridized carbons (Fsp3) is 0.667. The summed E-state index contributed by atoms with van der Waals surface area (Å²) in [5, 5.41) is 3.04. The van der Waals surface area contributed by atoms with Gasteiger partial charge in [0.05, 0.1) is 18.5 Å². The van der Waals surface area contributed by atoms with E-state index in [0.29, 0.717) is 11.4 Å². The zero-order valence-electron chi connectivity index (χ0n) is 18.2. The molecule has 0 aliphatic carbocycles. The number of nitrogens with one attached hydrogen (secondary N) is 1. The van der Waals surface area contributed by atoms with Crippen LogP contribution >= 0.6 is 0 Å². The Labute approximate surface area is 169 Å². The Hall–Kier alpha value is -1.76. The van der Waals surface area contributed by atoms with E-state index in [1.54, 1.807) is 6.07 Å². The zero-order valence-corrected chi connectivity index (χ0v) is 19.1. The molecule has 1 heterocycles. The molecule has 1 aliphatic heterocycles. The summed E-state index contributed by atoms with van der Waals surface area (Å²) >= 11 is 0. The van der Waals surface area contributed by atoms with Crippen LogP contribution in [0.5, 0.6) is 5.75 Å². The molecule has 1 aliphatic rings. The van der Waals surface area contributed by atoms with E-state index >= 15 is 0 Å². The van der Waals surface area contributed by atoms with Crippen molar-refractivity contribution in [2.75, 3.05) is 17.1 Å². The standard InChI is InChI=1S/C21H34N2O4S/c1-13(2)19(14(3)4)22-20(24)18-12-23(28(8,25)26)16-11-15(21(5,6)7)9-10-17(16)27-18/h9-11,13-14,18-19H,12H2,1-8H3,(H,22,24). The van der Waals surface area contributed by atoms with Crippen molar-refractivity contribution in [1.29, 1.82) is 0 Å². The molecule has 7 heteroatoms. The van der Waals surface area contributed by atoms with Crippen molar-refractivity contribution >= 4 is 21.6 Å². The zero-order chi connectivity index (χ0) is 21.4. The Morgan fingerprint density at radius 1 is 1.18 bits per heavy atom. The number of nitrogens with zero attached hydrogens (tertiary/aromatic N) is 1. The van der Waals surface area contributed by atoms with Gasteiger partial charge in [-0.1, -0.05) is 54.5 Å². The molecule has 0 aromatic heterocycles. The summed E-state index contributed by atoms with van der Waals surface area (Å²) in [4.78, 5) is 12.9. The fourth-order valence-corrected chi connectivity index (χ4v) is 4.43. The number of benzene rings is 1. The summed E-state index contributed by atoms with van der Waals surface area (Å²) in [6.07, 6.45) is 0.272. The van der Waals surface area contributed by atoms with Crippen molar-refractivity contribution in [3.8, 4) is 5.75 Å². The molecular formula is C21H34N2O4S. The van der Waals surface area contributed by atoms with Gasteiger partial charge in [-0.25, -0.2) is 8.42 Å². The molecule has 1 unspecified atom stereocenters. The molecule has 6 nitrogen and oxygen atoms in total. The van der Waals surface area contributed by atoms with Gasteiger partial charge in [0, 0.05) is 6.04 Å². The Morgan fingerprint density at radius 3 is 2.21 bits per heavy atom. The molecular weight excluding hydrogens is 376 g/mol. The molecule has 1 N–H and O–H groups in total. The first-order chi connectivity index (χ1) is 12.7. The van der Waals surface area contributed by atoms with Crippen LogP contribution < -0.4 is 14.4 Å². The number of anilines is 1. The van der Waals surface area contributed by atoms with Crippen molar-refractivity contribution in [3.63, 3.8) is 0 Å². The van der Waals surface area contributed by atoms with Gasteiger partial charge in [0.1, 0.15) is 5.75 Å². The highest BCUT2D eigenvalue weighted by Crippen LogP contribution is 2.38. The van der Waals surface area contributed by atoms with Gasteiger partial charge < -0.3 is 10.1 Å². The number of amides is 1. The summed E-state index contributed by atoms with van der Waals surface area (Å²) in [7, 11) is -3.56. The van der Waals surface area contributed by atoms with E-state index in [0.717, 1.165) is 11.8 Å². The second-order valence-electron chi connectivity index (χ2n) is 9.36. The van der Waals surface area contributed by atoms with Gasteiger partial charge in [0.2, 0.25) is 10.0 Å². The van der Waals surface area contributed by atoms with Crippen LogP contribution in [0.4, 0.5) is 5.69 Å². The highest BCUT2D eigenvalue weighted by atomic mass is 32.2. The SMILES string of the molecule is CC(C)C(NC(=O)C1CN(S(C)(=O)=O)c2cc(C(C)(C)C)ccc2O1)C(C)C. The Morgan fingerprint density at radius 2 is 1.75 bits per heavy atom. The van der Waals surface area contributed by atoms with E-state index in [2.05, 4.69) is 53.8 Å². The monoisotopic (exact) mass is 410 g/mol. The summed E-state index contributed by atoms with van der Waals surface area (Å²) < 4.78 is 32.1. The van der Waals surface area contributed by atoms with Crippen molar-refractivity contribution in [1.82, 2.24) is 5.32 Å². The number of carbonyl (C=O) groups is 1. The van der Waals surface area contributed by atoms with Crippen LogP contribution in [-0.4, -0.2) is 39.3 Å². The van der Waals surface area contributed by atoms with Crippen LogP contribution in [0.3, 0.4) is 0 Å². The van der Waals surface area contributed by atoms with Crippen molar-refractivity contribution in [3.05, 3.63) is 23.8 Å². The van der Waals surface area contributed by atoms with Crippen molar-refractivity contribution in [2.45, 2.75) is 66.0 Å². The summed E-state index contributed by atoms with van der Waals surface area (Å²) in [6.45, 7) is 14.4. The van der Waals surface area contributed by atoms with Crippen LogP contribution in [-0.2, 0) is 20.2 Å². The van der Waals surface area contributed by atoms with Crippen LogP contribution in [0.15, 0.2) is 18.2 Å². The molecule has 0 fully saturated rings. The molecule has 2 rings (SSSR count). The van der Waals surface area contributed by atoms with Gasteiger partial charge in [-0.05, 0) is 34.9 Å². The fourth-order valence-electron chi connectivity index (χ4n) is 3.53. The van der Waals surface area contributed by atoms with Gasteiger partial charge >= 0.3 is 0 Å². The predicted molar refractivity (Wildman–Crippen MR) is 113 cm³/mol. The Balaban J connectivity index is 2.38. The number of fused-ring (bicyclic) bond motifs is 1. The summed E-state index contributed by atoms with van der Waals surface area (Å²) in [6, 6.07) is 5.52. The number of carbonyl (C=O) groups excluding carboxylic acids is 1. The van der Waals surface area contributed by atoms with E-state index in [1.807, 2.05) is 12.1 Å². The van der Waals surface area contributed by atoms with E-state index in [4.69, 9.17) is 4.74 Å². The molecule has 0 spiro atoms. The molecule has 0 radical (unpaired) electrons.